The van der Waals surface area contributed by atoms with Crippen LogP contribution in [0.15, 0.2) is 4.52 Å². The molecule has 0 spiro atoms. The zero-order valence-electron chi connectivity index (χ0n) is 13.3. The van der Waals surface area contributed by atoms with Gasteiger partial charge in [0.05, 0.1) is 12.0 Å². The number of nitrogens with one attached hydrogen (secondary N) is 1. The number of rotatable bonds is 4. The highest BCUT2D eigenvalue weighted by Gasteiger charge is 2.40. The van der Waals surface area contributed by atoms with Gasteiger partial charge in [0.25, 0.3) is 0 Å². The molecular weight excluding hydrogens is 268 g/mol. The van der Waals surface area contributed by atoms with Crippen molar-refractivity contribution < 1.29 is 9.26 Å². The third-order valence-electron chi connectivity index (χ3n) is 4.93. The lowest BCUT2D eigenvalue weighted by Crippen LogP contribution is -2.42. The van der Waals surface area contributed by atoms with Crippen molar-refractivity contribution >= 4 is 0 Å². The van der Waals surface area contributed by atoms with Gasteiger partial charge in [-0.15, -0.1) is 0 Å². The van der Waals surface area contributed by atoms with E-state index in [0.717, 1.165) is 51.5 Å². The third-order valence-corrected chi connectivity index (χ3v) is 4.93. The second kappa shape index (κ2) is 6.02. The first-order valence-corrected chi connectivity index (χ1v) is 8.05. The normalized spacial score (nSPS) is 31.1. The Hall–Kier alpha value is -0.980. The van der Waals surface area contributed by atoms with Gasteiger partial charge in [-0.2, -0.15) is 4.98 Å². The fourth-order valence-electron chi connectivity index (χ4n) is 3.25. The number of hydrogen-bond acceptors (Lipinski definition) is 6. The summed E-state index contributed by atoms with van der Waals surface area (Å²) in [5.74, 6) is 1.48. The minimum Gasteiger partial charge on any atom is -0.367 e. The van der Waals surface area contributed by atoms with Crippen molar-refractivity contribution in [2.45, 2.75) is 51.2 Å². The van der Waals surface area contributed by atoms with Gasteiger partial charge in [-0.25, -0.2) is 0 Å². The third kappa shape index (κ3) is 2.84. The van der Waals surface area contributed by atoms with Crippen LogP contribution in [0.2, 0.25) is 0 Å². The summed E-state index contributed by atoms with van der Waals surface area (Å²) in [6, 6.07) is 0.517. The molecule has 0 saturated carbocycles. The Kier molecular flexibility index (Phi) is 4.28. The SMILES string of the molecule is CCC1(c2nc(C3CN(C(C)C)CCO3)no2)CCNC1. The van der Waals surface area contributed by atoms with Crippen molar-refractivity contribution in [2.24, 2.45) is 0 Å². The zero-order chi connectivity index (χ0) is 14.9. The molecule has 3 heterocycles. The van der Waals surface area contributed by atoms with Crippen molar-refractivity contribution in [3.8, 4) is 0 Å². The molecule has 2 fully saturated rings. The monoisotopic (exact) mass is 294 g/mol. The van der Waals surface area contributed by atoms with E-state index in [-0.39, 0.29) is 11.5 Å². The van der Waals surface area contributed by atoms with Crippen LogP contribution in [0.1, 0.15) is 51.4 Å². The molecule has 6 nitrogen and oxygen atoms in total. The van der Waals surface area contributed by atoms with Crippen LogP contribution in [0.25, 0.3) is 0 Å². The highest BCUT2D eigenvalue weighted by Crippen LogP contribution is 2.34. The quantitative estimate of drug-likeness (QED) is 0.908. The van der Waals surface area contributed by atoms with Crippen LogP contribution in [0, 0.1) is 0 Å². The van der Waals surface area contributed by atoms with Gasteiger partial charge in [-0.05, 0) is 33.2 Å². The fourth-order valence-corrected chi connectivity index (χ4v) is 3.25. The Bertz CT molecular complexity index is 468. The average molecular weight is 294 g/mol. The van der Waals surface area contributed by atoms with Gasteiger partial charge in [0.1, 0.15) is 6.10 Å². The molecule has 118 valence electrons. The maximum atomic E-state index is 5.84. The first-order valence-electron chi connectivity index (χ1n) is 8.05. The number of nitrogens with zero attached hydrogens (tertiary/aromatic N) is 3. The maximum absolute atomic E-state index is 5.84. The van der Waals surface area contributed by atoms with Crippen molar-refractivity contribution in [3.05, 3.63) is 11.7 Å². The summed E-state index contributed by atoms with van der Waals surface area (Å²) in [7, 11) is 0. The van der Waals surface area contributed by atoms with Crippen LogP contribution >= 0.6 is 0 Å². The molecule has 0 aliphatic carbocycles. The molecule has 0 bridgehead atoms. The molecule has 2 saturated heterocycles. The Morgan fingerprint density at radius 2 is 2.33 bits per heavy atom. The molecule has 1 aromatic rings. The fraction of sp³-hybridized carbons (Fsp3) is 0.867. The van der Waals surface area contributed by atoms with Gasteiger partial charge in [0.15, 0.2) is 0 Å². The lowest BCUT2D eigenvalue weighted by molar-refractivity contribution is -0.0450. The summed E-state index contributed by atoms with van der Waals surface area (Å²) in [5, 5.41) is 7.61. The number of hydrogen-bond donors (Lipinski definition) is 1. The first kappa shape index (κ1) is 14.9. The summed E-state index contributed by atoms with van der Waals surface area (Å²) < 4.78 is 11.4. The van der Waals surface area contributed by atoms with E-state index in [0.29, 0.717) is 11.9 Å². The van der Waals surface area contributed by atoms with Crippen LogP contribution in [0.5, 0.6) is 0 Å². The highest BCUT2D eigenvalue weighted by molar-refractivity contribution is 5.10. The average Bonchev–Trinajstić information content (AvgIpc) is 3.17. The molecule has 21 heavy (non-hydrogen) atoms. The maximum Gasteiger partial charge on any atom is 0.234 e. The van der Waals surface area contributed by atoms with E-state index in [1.54, 1.807) is 0 Å². The predicted molar refractivity (Wildman–Crippen MR) is 79.2 cm³/mol. The van der Waals surface area contributed by atoms with Crippen LogP contribution < -0.4 is 5.32 Å². The van der Waals surface area contributed by atoms with Crippen molar-refractivity contribution in [1.82, 2.24) is 20.4 Å². The van der Waals surface area contributed by atoms with Crippen LogP contribution in [0.4, 0.5) is 0 Å². The van der Waals surface area contributed by atoms with E-state index in [9.17, 15) is 0 Å². The summed E-state index contributed by atoms with van der Waals surface area (Å²) in [4.78, 5) is 7.08. The summed E-state index contributed by atoms with van der Waals surface area (Å²) >= 11 is 0. The van der Waals surface area contributed by atoms with Crippen LogP contribution in [-0.4, -0.2) is 53.9 Å². The lowest BCUT2D eigenvalue weighted by atomic mass is 9.84. The number of aromatic nitrogens is 2. The summed E-state index contributed by atoms with van der Waals surface area (Å²) in [5.41, 5.74) is 0.0116. The Morgan fingerprint density at radius 1 is 1.48 bits per heavy atom. The van der Waals surface area contributed by atoms with Crippen molar-refractivity contribution in [2.75, 3.05) is 32.8 Å². The van der Waals surface area contributed by atoms with Crippen LogP contribution in [-0.2, 0) is 10.2 Å². The molecular formula is C15H26N4O2. The minimum absolute atomic E-state index is 0.0116. The van der Waals surface area contributed by atoms with E-state index in [2.05, 4.69) is 41.1 Å². The Balaban J connectivity index is 1.75. The van der Waals surface area contributed by atoms with Gasteiger partial charge < -0.3 is 14.6 Å². The Morgan fingerprint density at radius 3 is 3.00 bits per heavy atom. The molecule has 1 aromatic heterocycles. The molecule has 0 amide bonds. The summed E-state index contributed by atoms with van der Waals surface area (Å²) in [6.07, 6.45) is 2.02. The lowest BCUT2D eigenvalue weighted by Gasteiger charge is -2.34. The largest absolute Gasteiger partial charge is 0.367 e. The van der Waals surface area contributed by atoms with E-state index < -0.39 is 0 Å². The molecule has 0 aromatic carbocycles. The first-order chi connectivity index (χ1) is 10.1. The van der Waals surface area contributed by atoms with Crippen LogP contribution in [0.3, 0.4) is 0 Å². The zero-order valence-corrected chi connectivity index (χ0v) is 13.3. The van der Waals surface area contributed by atoms with Gasteiger partial charge in [-0.1, -0.05) is 12.1 Å². The molecule has 6 heteroatoms. The van der Waals surface area contributed by atoms with Gasteiger partial charge in [0, 0.05) is 25.7 Å². The molecule has 1 N–H and O–H groups in total. The summed E-state index contributed by atoms with van der Waals surface area (Å²) in [6.45, 7) is 11.1. The molecule has 2 atom stereocenters. The van der Waals surface area contributed by atoms with Gasteiger partial charge >= 0.3 is 0 Å². The van der Waals surface area contributed by atoms with Crippen molar-refractivity contribution in [3.63, 3.8) is 0 Å². The standard InChI is InChI=1S/C15H26N4O2/c1-4-15(5-6-16-10-15)14-17-13(18-21-14)12-9-19(11(2)3)7-8-20-12/h11-12,16H,4-10H2,1-3H3. The molecule has 2 unspecified atom stereocenters. The van der Waals surface area contributed by atoms with E-state index in [4.69, 9.17) is 9.26 Å². The number of ether oxygens (including phenoxy) is 1. The smallest absolute Gasteiger partial charge is 0.234 e. The number of morpholine rings is 1. The topological polar surface area (TPSA) is 63.4 Å². The molecule has 0 radical (unpaired) electrons. The molecule has 2 aliphatic heterocycles. The van der Waals surface area contributed by atoms with E-state index in [1.165, 1.54) is 0 Å². The molecule has 3 rings (SSSR count). The van der Waals surface area contributed by atoms with E-state index >= 15 is 0 Å². The van der Waals surface area contributed by atoms with Gasteiger partial charge in [0.2, 0.25) is 11.7 Å². The second-order valence-corrected chi connectivity index (χ2v) is 6.47. The predicted octanol–water partition coefficient (Wildman–Crippen LogP) is 1.49. The van der Waals surface area contributed by atoms with E-state index in [1.807, 2.05) is 0 Å². The second-order valence-electron chi connectivity index (χ2n) is 6.47. The highest BCUT2D eigenvalue weighted by atomic mass is 16.5. The Labute approximate surface area is 126 Å². The molecule has 2 aliphatic rings. The van der Waals surface area contributed by atoms with Crippen molar-refractivity contribution in [1.29, 1.82) is 0 Å². The van der Waals surface area contributed by atoms with Gasteiger partial charge in [-0.3, -0.25) is 4.90 Å². The minimum atomic E-state index is -0.0677.